The third-order valence-electron chi connectivity index (χ3n) is 2.80. The van der Waals surface area contributed by atoms with Gasteiger partial charge in [-0.3, -0.25) is 4.79 Å². The van der Waals surface area contributed by atoms with E-state index in [2.05, 4.69) is 22.6 Å². The summed E-state index contributed by atoms with van der Waals surface area (Å²) in [6.45, 7) is 2.03. The summed E-state index contributed by atoms with van der Waals surface area (Å²) in [5, 5.41) is 0. The van der Waals surface area contributed by atoms with Crippen LogP contribution in [0.2, 0.25) is 0 Å². The molecule has 0 fully saturated rings. The Hall–Kier alpha value is -1.36. The maximum absolute atomic E-state index is 12.3. The van der Waals surface area contributed by atoms with Gasteiger partial charge >= 0.3 is 0 Å². The van der Waals surface area contributed by atoms with Gasteiger partial charge in [-0.15, -0.1) is 0 Å². The van der Waals surface area contributed by atoms with E-state index in [0.29, 0.717) is 5.56 Å². The molecule has 2 rings (SSSR count). The first-order valence-corrected chi connectivity index (χ1v) is 6.76. The zero-order valence-corrected chi connectivity index (χ0v) is 12.5. The molecule has 0 radical (unpaired) electrons. The fraction of sp³-hybridized carbons (Fsp3) is 0.133. The highest BCUT2D eigenvalue weighted by Gasteiger charge is 2.13. The maximum atomic E-state index is 12.3. The van der Waals surface area contributed by atoms with E-state index < -0.39 is 0 Å². The first-order valence-electron chi connectivity index (χ1n) is 5.68. The quantitative estimate of drug-likeness (QED) is 0.752. The summed E-state index contributed by atoms with van der Waals surface area (Å²) in [7, 11) is 1.80. The molecule has 0 saturated carbocycles. The maximum Gasteiger partial charge on any atom is 0.258 e. The van der Waals surface area contributed by atoms with Gasteiger partial charge in [-0.1, -0.05) is 23.8 Å². The number of carbonyl (C=O) groups excluding carboxylic acids is 1. The zero-order valence-electron chi connectivity index (χ0n) is 10.4. The van der Waals surface area contributed by atoms with Crippen molar-refractivity contribution in [3.05, 3.63) is 63.2 Å². The molecule has 18 heavy (non-hydrogen) atoms. The number of aryl methyl sites for hydroxylation is 1. The van der Waals surface area contributed by atoms with Crippen molar-refractivity contribution in [1.29, 1.82) is 0 Å². The molecule has 0 N–H and O–H groups in total. The van der Waals surface area contributed by atoms with Crippen LogP contribution in [0.4, 0.5) is 5.69 Å². The van der Waals surface area contributed by atoms with E-state index in [1.165, 1.54) is 5.56 Å². The van der Waals surface area contributed by atoms with Crippen LogP contribution >= 0.6 is 22.6 Å². The molecule has 0 atom stereocenters. The first kappa shape index (κ1) is 13.1. The predicted octanol–water partition coefficient (Wildman–Crippen LogP) is 3.88. The Balaban J connectivity index is 2.26. The molecule has 0 bridgehead atoms. The van der Waals surface area contributed by atoms with Crippen molar-refractivity contribution in [2.24, 2.45) is 0 Å². The molecule has 0 saturated heterocycles. The molecule has 0 aliphatic heterocycles. The molecular formula is C15H14INO. The van der Waals surface area contributed by atoms with E-state index in [1.807, 2.05) is 55.5 Å². The van der Waals surface area contributed by atoms with E-state index in [-0.39, 0.29) is 5.91 Å². The second-order valence-corrected chi connectivity index (χ2v) is 5.46. The highest BCUT2D eigenvalue weighted by Crippen LogP contribution is 2.17. The Bertz CT molecular complexity index is 563. The molecule has 2 aromatic carbocycles. The molecule has 0 unspecified atom stereocenters. The summed E-state index contributed by atoms with van der Waals surface area (Å²) in [4.78, 5) is 14.0. The summed E-state index contributed by atoms with van der Waals surface area (Å²) in [6.07, 6.45) is 0. The largest absolute Gasteiger partial charge is 0.311 e. The zero-order chi connectivity index (χ0) is 13.1. The lowest BCUT2D eigenvalue weighted by molar-refractivity contribution is 0.0993. The molecular weight excluding hydrogens is 337 g/mol. The molecule has 0 aromatic heterocycles. The molecule has 3 heteroatoms. The summed E-state index contributed by atoms with van der Waals surface area (Å²) in [6, 6.07) is 15.5. The smallest absolute Gasteiger partial charge is 0.258 e. The van der Waals surface area contributed by atoms with E-state index in [9.17, 15) is 4.79 Å². The summed E-state index contributed by atoms with van der Waals surface area (Å²) in [5.74, 6) is 0.0115. The number of amides is 1. The van der Waals surface area contributed by atoms with Gasteiger partial charge in [-0.05, 0) is 59.8 Å². The average Bonchev–Trinajstić information content (AvgIpc) is 2.38. The summed E-state index contributed by atoms with van der Waals surface area (Å²) in [5.41, 5.74) is 2.81. The van der Waals surface area contributed by atoms with Gasteiger partial charge in [0.2, 0.25) is 0 Å². The summed E-state index contributed by atoms with van der Waals surface area (Å²) < 4.78 is 1.07. The molecule has 0 heterocycles. The van der Waals surface area contributed by atoms with E-state index in [4.69, 9.17) is 0 Å². The van der Waals surface area contributed by atoms with Crippen LogP contribution in [0.5, 0.6) is 0 Å². The van der Waals surface area contributed by atoms with Gasteiger partial charge in [-0.25, -0.2) is 0 Å². The third-order valence-corrected chi connectivity index (χ3v) is 3.47. The van der Waals surface area contributed by atoms with Gasteiger partial charge in [-0.2, -0.15) is 0 Å². The van der Waals surface area contributed by atoms with Crippen molar-refractivity contribution in [3.8, 4) is 0 Å². The number of nitrogens with zero attached hydrogens (tertiary/aromatic N) is 1. The number of rotatable bonds is 2. The molecule has 2 aromatic rings. The fourth-order valence-electron chi connectivity index (χ4n) is 1.70. The lowest BCUT2D eigenvalue weighted by atomic mass is 10.1. The average molecular weight is 351 g/mol. The predicted molar refractivity (Wildman–Crippen MR) is 83.1 cm³/mol. The number of carbonyl (C=O) groups is 1. The second-order valence-electron chi connectivity index (χ2n) is 4.21. The molecule has 0 aliphatic carbocycles. The molecule has 92 valence electrons. The molecule has 0 spiro atoms. The number of hydrogen-bond acceptors (Lipinski definition) is 1. The Labute approximate surface area is 121 Å². The lowest BCUT2D eigenvalue weighted by Crippen LogP contribution is -2.26. The minimum Gasteiger partial charge on any atom is -0.311 e. The van der Waals surface area contributed by atoms with Crippen LogP contribution < -0.4 is 4.90 Å². The van der Waals surface area contributed by atoms with Crippen molar-refractivity contribution in [3.63, 3.8) is 0 Å². The highest BCUT2D eigenvalue weighted by molar-refractivity contribution is 14.1. The molecule has 1 amide bonds. The Kier molecular flexibility index (Phi) is 4.01. The van der Waals surface area contributed by atoms with Crippen LogP contribution in [0, 0.1) is 10.5 Å². The first-order chi connectivity index (χ1) is 8.58. The molecule has 0 aliphatic rings. The fourth-order valence-corrected chi connectivity index (χ4v) is 2.24. The minimum atomic E-state index is 0.0115. The third kappa shape index (κ3) is 2.90. The van der Waals surface area contributed by atoms with Crippen molar-refractivity contribution in [2.75, 3.05) is 11.9 Å². The number of halogens is 1. The van der Waals surface area contributed by atoms with Crippen LogP contribution in [0.1, 0.15) is 15.9 Å². The second kappa shape index (κ2) is 5.52. The van der Waals surface area contributed by atoms with Crippen molar-refractivity contribution in [2.45, 2.75) is 6.92 Å². The van der Waals surface area contributed by atoms with Crippen LogP contribution in [-0.4, -0.2) is 13.0 Å². The van der Waals surface area contributed by atoms with Gasteiger partial charge < -0.3 is 4.90 Å². The van der Waals surface area contributed by atoms with Crippen molar-refractivity contribution < 1.29 is 4.79 Å². The van der Waals surface area contributed by atoms with Crippen LogP contribution in [-0.2, 0) is 0 Å². The van der Waals surface area contributed by atoms with Gasteiger partial charge in [0.1, 0.15) is 0 Å². The number of benzene rings is 2. The monoisotopic (exact) mass is 351 g/mol. The van der Waals surface area contributed by atoms with Crippen LogP contribution in [0.25, 0.3) is 0 Å². The van der Waals surface area contributed by atoms with Gasteiger partial charge in [0.25, 0.3) is 5.91 Å². The van der Waals surface area contributed by atoms with E-state index in [0.717, 1.165) is 9.26 Å². The highest BCUT2D eigenvalue weighted by atomic mass is 127. The number of anilines is 1. The van der Waals surface area contributed by atoms with Gasteiger partial charge in [0.15, 0.2) is 0 Å². The van der Waals surface area contributed by atoms with Crippen molar-refractivity contribution >= 4 is 34.2 Å². The topological polar surface area (TPSA) is 20.3 Å². The normalized spacial score (nSPS) is 10.2. The van der Waals surface area contributed by atoms with Crippen molar-refractivity contribution in [1.82, 2.24) is 0 Å². The Morgan fingerprint density at radius 1 is 1.11 bits per heavy atom. The minimum absolute atomic E-state index is 0.0115. The van der Waals surface area contributed by atoms with E-state index >= 15 is 0 Å². The van der Waals surface area contributed by atoms with Crippen LogP contribution in [0.3, 0.4) is 0 Å². The standard InChI is InChI=1S/C15H14INO/c1-11-6-8-14(9-7-11)17(2)15(18)12-4-3-5-13(16)10-12/h3-10H,1-2H3. The Morgan fingerprint density at radius 3 is 2.39 bits per heavy atom. The lowest BCUT2D eigenvalue weighted by Gasteiger charge is -2.17. The summed E-state index contributed by atoms with van der Waals surface area (Å²) >= 11 is 2.21. The SMILES string of the molecule is Cc1ccc(N(C)C(=O)c2cccc(I)c2)cc1. The number of hydrogen-bond donors (Lipinski definition) is 0. The van der Waals surface area contributed by atoms with Crippen LogP contribution in [0.15, 0.2) is 48.5 Å². The molecule has 2 nitrogen and oxygen atoms in total. The van der Waals surface area contributed by atoms with Gasteiger partial charge in [0, 0.05) is 21.9 Å². The van der Waals surface area contributed by atoms with Gasteiger partial charge in [0.05, 0.1) is 0 Å². The Morgan fingerprint density at radius 2 is 1.78 bits per heavy atom. The van der Waals surface area contributed by atoms with E-state index in [1.54, 1.807) is 11.9 Å².